The van der Waals surface area contributed by atoms with Crippen LogP contribution in [0.5, 0.6) is 0 Å². The minimum Gasteiger partial charge on any atom is -0.368 e. The zero-order valence-electron chi connectivity index (χ0n) is 12.7. The van der Waals surface area contributed by atoms with Gasteiger partial charge in [-0.2, -0.15) is 0 Å². The first-order valence-electron chi connectivity index (χ1n) is 7.61. The standard InChI is InChI=1S/C15H29N3O/c1-14(2)8-10-18(11-14)9-6-12-5-4-7-15(12,17-3)13(16)19/h12,17H,4-11H2,1-3H3,(H2,16,19). The van der Waals surface area contributed by atoms with Gasteiger partial charge in [-0.1, -0.05) is 20.3 Å². The van der Waals surface area contributed by atoms with Gasteiger partial charge in [0.1, 0.15) is 5.54 Å². The van der Waals surface area contributed by atoms with Crippen molar-refractivity contribution in [1.29, 1.82) is 0 Å². The van der Waals surface area contributed by atoms with Crippen LogP contribution < -0.4 is 11.1 Å². The molecule has 0 aromatic rings. The zero-order chi connectivity index (χ0) is 14.1. The molecule has 1 amide bonds. The fourth-order valence-corrected chi connectivity index (χ4v) is 4.00. The van der Waals surface area contributed by atoms with Crippen LogP contribution >= 0.6 is 0 Å². The molecule has 3 N–H and O–H groups in total. The van der Waals surface area contributed by atoms with Crippen molar-refractivity contribution in [2.24, 2.45) is 17.1 Å². The maximum Gasteiger partial charge on any atom is 0.238 e. The van der Waals surface area contributed by atoms with Crippen molar-refractivity contribution < 1.29 is 4.79 Å². The molecular weight excluding hydrogens is 238 g/mol. The first-order chi connectivity index (χ1) is 8.89. The van der Waals surface area contributed by atoms with Gasteiger partial charge in [-0.3, -0.25) is 4.79 Å². The Morgan fingerprint density at radius 3 is 2.68 bits per heavy atom. The summed E-state index contributed by atoms with van der Waals surface area (Å²) < 4.78 is 0. The summed E-state index contributed by atoms with van der Waals surface area (Å²) in [5.41, 5.74) is 5.65. The molecule has 2 unspecified atom stereocenters. The summed E-state index contributed by atoms with van der Waals surface area (Å²) in [6.45, 7) is 8.16. The van der Waals surface area contributed by atoms with Gasteiger partial charge in [-0.15, -0.1) is 0 Å². The number of primary amides is 1. The van der Waals surface area contributed by atoms with E-state index < -0.39 is 5.54 Å². The Morgan fingerprint density at radius 2 is 2.16 bits per heavy atom. The number of carbonyl (C=O) groups is 1. The van der Waals surface area contributed by atoms with Crippen molar-refractivity contribution in [1.82, 2.24) is 10.2 Å². The van der Waals surface area contributed by atoms with Crippen LogP contribution in [0.1, 0.15) is 46.0 Å². The van der Waals surface area contributed by atoms with Crippen LogP contribution in [0.15, 0.2) is 0 Å². The molecule has 2 rings (SSSR count). The van der Waals surface area contributed by atoms with Gasteiger partial charge in [0.15, 0.2) is 0 Å². The smallest absolute Gasteiger partial charge is 0.238 e. The SMILES string of the molecule is CNC1(C(N)=O)CCCC1CCN1CCC(C)(C)C1. The van der Waals surface area contributed by atoms with Gasteiger partial charge in [0.25, 0.3) is 0 Å². The third-order valence-electron chi connectivity index (χ3n) is 5.26. The number of nitrogens with two attached hydrogens (primary N) is 1. The average molecular weight is 267 g/mol. The van der Waals surface area contributed by atoms with Crippen molar-refractivity contribution in [3.05, 3.63) is 0 Å². The van der Waals surface area contributed by atoms with E-state index in [-0.39, 0.29) is 5.91 Å². The Hall–Kier alpha value is -0.610. The van der Waals surface area contributed by atoms with E-state index in [0.717, 1.165) is 32.2 Å². The van der Waals surface area contributed by atoms with E-state index in [1.807, 2.05) is 7.05 Å². The summed E-state index contributed by atoms with van der Waals surface area (Å²) in [6.07, 6.45) is 5.50. The third kappa shape index (κ3) is 2.95. The molecule has 0 bridgehead atoms. The number of nitrogens with zero attached hydrogens (tertiary/aromatic N) is 1. The van der Waals surface area contributed by atoms with E-state index in [2.05, 4.69) is 24.1 Å². The Bertz CT molecular complexity index is 342. The zero-order valence-corrected chi connectivity index (χ0v) is 12.7. The van der Waals surface area contributed by atoms with E-state index in [0.29, 0.717) is 11.3 Å². The van der Waals surface area contributed by atoms with Crippen molar-refractivity contribution in [3.8, 4) is 0 Å². The van der Waals surface area contributed by atoms with E-state index >= 15 is 0 Å². The van der Waals surface area contributed by atoms with E-state index in [9.17, 15) is 4.79 Å². The molecule has 0 aromatic carbocycles. The van der Waals surface area contributed by atoms with Gasteiger partial charge in [-0.05, 0) is 57.2 Å². The van der Waals surface area contributed by atoms with Crippen LogP contribution in [0, 0.1) is 11.3 Å². The van der Waals surface area contributed by atoms with Crippen LogP contribution in [-0.4, -0.2) is 43.0 Å². The van der Waals surface area contributed by atoms with Gasteiger partial charge >= 0.3 is 0 Å². The lowest BCUT2D eigenvalue weighted by Crippen LogP contribution is -2.56. The molecule has 1 aliphatic carbocycles. The molecule has 2 fully saturated rings. The molecule has 1 saturated carbocycles. The van der Waals surface area contributed by atoms with Crippen molar-refractivity contribution in [2.75, 3.05) is 26.7 Å². The Labute approximate surface area is 117 Å². The number of rotatable bonds is 5. The highest BCUT2D eigenvalue weighted by Gasteiger charge is 2.46. The molecule has 4 heteroatoms. The minimum atomic E-state index is -0.449. The lowest BCUT2D eigenvalue weighted by molar-refractivity contribution is -0.125. The van der Waals surface area contributed by atoms with Crippen molar-refractivity contribution in [3.63, 3.8) is 0 Å². The second-order valence-electron chi connectivity index (χ2n) is 7.15. The summed E-state index contributed by atoms with van der Waals surface area (Å²) in [6, 6.07) is 0. The number of amides is 1. The summed E-state index contributed by atoms with van der Waals surface area (Å²) in [5, 5.41) is 3.23. The predicted octanol–water partition coefficient (Wildman–Crippen LogP) is 1.35. The highest BCUT2D eigenvalue weighted by Crippen LogP contribution is 2.38. The summed E-state index contributed by atoms with van der Waals surface area (Å²) in [7, 11) is 1.88. The van der Waals surface area contributed by atoms with Gasteiger partial charge in [0.05, 0.1) is 0 Å². The van der Waals surface area contributed by atoms with Gasteiger partial charge in [-0.25, -0.2) is 0 Å². The minimum absolute atomic E-state index is 0.167. The molecule has 4 nitrogen and oxygen atoms in total. The summed E-state index contributed by atoms with van der Waals surface area (Å²) in [4.78, 5) is 14.4. The third-order valence-corrected chi connectivity index (χ3v) is 5.26. The molecule has 1 heterocycles. The topological polar surface area (TPSA) is 58.4 Å². The first-order valence-corrected chi connectivity index (χ1v) is 7.61. The molecular formula is C15H29N3O. The number of nitrogens with one attached hydrogen (secondary N) is 1. The molecule has 1 saturated heterocycles. The average Bonchev–Trinajstić information content (AvgIpc) is 2.90. The Kier molecular flexibility index (Phi) is 4.21. The maximum absolute atomic E-state index is 11.8. The second kappa shape index (κ2) is 5.41. The summed E-state index contributed by atoms with van der Waals surface area (Å²) >= 11 is 0. The van der Waals surface area contributed by atoms with Gasteiger partial charge < -0.3 is 16.0 Å². The van der Waals surface area contributed by atoms with Crippen LogP contribution in [-0.2, 0) is 4.79 Å². The molecule has 0 radical (unpaired) electrons. The number of carbonyl (C=O) groups excluding carboxylic acids is 1. The second-order valence-corrected chi connectivity index (χ2v) is 7.15. The molecule has 1 aliphatic heterocycles. The van der Waals surface area contributed by atoms with Crippen LogP contribution in [0.25, 0.3) is 0 Å². The number of hydrogen-bond acceptors (Lipinski definition) is 3. The number of likely N-dealkylation sites (N-methyl/N-ethyl adjacent to an activating group) is 1. The fraction of sp³-hybridized carbons (Fsp3) is 0.933. The van der Waals surface area contributed by atoms with E-state index in [4.69, 9.17) is 5.73 Å². The molecule has 19 heavy (non-hydrogen) atoms. The molecule has 2 atom stereocenters. The van der Waals surface area contributed by atoms with E-state index in [1.165, 1.54) is 19.5 Å². The van der Waals surface area contributed by atoms with Gasteiger partial charge in [0.2, 0.25) is 5.91 Å². The lowest BCUT2D eigenvalue weighted by Gasteiger charge is -2.33. The monoisotopic (exact) mass is 267 g/mol. The predicted molar refractivity (Wildman–Crippen MR) is 77.8 cm³/mol. The largest absolute Gasteiger partial charge is 0.368 e. The van der Waals surface area contributed by atoms with E-state index in [1.54, 1.807) is 0 Å². The van der Waals surface area contributed by atoms with Crippen molar-refractivity contribution >= 4 is 5.91 Å². The first kappa shape index (κ1) is 14.8. The van der Waals surface area contributed by atoms with Crippen LogP contribution in [0.4, 0.5) is 0 Å². The molecule has 0 spiro atoms. The maximum atomic E-state index is 11.8. The Morgan fingerprint density at radius 1 is 1.42 bits per heavy atom. The van der Waals surface area contributed by atoms with Crippen molar-refractivity contribution in [2.45, 2.75) is 51.5 Å². The normalized spacial score (nSPS) is 34.8. The molecule has 2 aliphatic rings. The molecule has 0 aromatic heterocycles. The number of likely N-dealkylation sites (tertiary alicyclic amines) is 1. The van der Waals surface area contributed by atoms with Gasteiger partial charge in [0, 0.05) is 6.54 Å². The van der Waals surface area contributed by atoms with Crippen LogP contribution in [0.3, 0.4) is 0 Å². The quantitative estimate of drug-likeness (QED) is 0.790. The highest BCUT2D eigenvalue weighted by atomic mass is 16.1. The fourth-order valence-electron chi connectivity index (χ4n) is 4.00. The lowest BCUT2D eigenvalue weighted by atomic mass is 9.84. The number of hydrogen-bond donors (Lipinski definition) is 2. The molecule has 110 valence electrons. The van der Waals surface area contributed by atoms with Crippen LogP contribution in [0.2, 0.25) is 0 Å². The highest BCUT2D eigenvalue weighted by molar-refractivity contribution is 5.85. The summed E-state index contributed by atoms with van der Waals surface area (Å²) in [5.74, 6) is 0.234. The Balaban J connectivity index is 1.90.